The predicted molar refractivity (Wildman–Crippen MR) is 146 cm³/mol. The van der Waals surface area contributed by atoms with Crippen LogP contribution < -0.4 is 26.8 Å². The number of nitrogens with zero attached hydrogens (tertiary/aromatic N) is 2. The maximum atomic E-state index is 14.3. The van der Waals surface area contributed by atoms with E-state index in [9.17, 15) is 13.9 Å². The van der Waals surface area contributed by atoms with Crippen LogP contribution in [0, 0.1) is 5.82 Å². The number of alkyl halides is 1. The third kappa shape index (κ3) is 11.8. The highest BCUT2D eigenvalue weighted by atomic mass is 19.1. The van der Waals surface area contributed by atoms with Crippen molar-refractivity contribution in [2.45, 2.75) is 45.7 Å². The van der Waals surface area contributed by atoms with Gasteiger partial charge in [0, 0.05) is 30.2 Å². The van der Waals surface area contributed by atoms with Crippen LogP contribution in [0.2, 0.25) is 0 Å². The van der Waals surface area contributed by atoms with Gasteiger partial charge in [-0.1, -0.05) is 6.58 Å². The average Bonchev–Trinajstić information content (AvgIpc) is 3.25. The van der Waals surface area contributed by atoms with Crippen molar-refractivity contribution in [1.82, 2.24) is 4.90 Å². The van der Waals surface area contributed by atoms with E-state index in [-0.39, 0.29) is 17.4 Å². The highest BCUT2D eigenvalue weighted by molar-refractivity contribution is 5.72. The number of rotatable bonds is 7. The maximum absolute atomic E-state index is 14.3. The number of benzene rings is 2. The standard InChI is InChI=1S/C21H25F2N3O.C5H11N.CH3NO/c1-5-24-20(19-14(2)12-17(27)13-18(19)22)26-16-8-6-15(7-9-16)25-11-10-21(3,4)23;1-6-4-2-3-5-6;2-1-3/h5-9,12-13,25-27H,2,10-11H2,1,3-4H3;2-5H2,1H3;1H,(H2,2,3)/b20-19-,24-5-;;. The number of phenolic OH excluding ortho intramolecular Hbond substituents is 1. The van der Waals surface area contributed by atoms with Gasteiger partial charge in [0.2, 0.25) is 6.41 Å². The minimum Gasteiger partial charge on any atom is -0.508 e. The number of likely N-dealkylation sites (tertiary alicyclic amines) is 1. The van der Waals surface area contributed by atoms with Gasteiger partial charge in [-0.15, -0.1) is 0 Å². The lowest BCUT2D eigenvalue weighted by atomic mass is 10.1. The summed E-state index contributed by atoms with van der Waals surface area (Å²) >= 11 is 0. The molecule has 36 heavy (non-hydrogen) atoms. The zero-order chi connectivity index (χ0) is 27.1. The number of phenols is 1. The topological polar surface area (TPSA) is 103 Å². The molecule has 9 heteroatoms. The number of halogens is 2. The Morgan fingerprint density at radius 3 is 2.22 bits per heavy atom. The van der Waals surface area contributed by atoms with Crippen molar-refractivity contribution in [2.24, 2.45) is 10.7 Å². The molecule has 0 spiro atoms. The van der Waals surface area contributed by atoms with E-state index < -0.39 is 11.5 Å². The van der Waals surface area contributed by atoms with Crippen LogP contribution in [0.25, 0.3) is 12.4 Å². The molecule has 3 rings (SSSR count). The zero-order valence-electron chi connectivity index (χ0n) is 21.7. The smallest absolute Gasteiger partial charge is 0.204 e. The Morgan fingerprint density at radius 2 is 1.78 bits per heavy atom. The van der Waals surface area contributed by atoms with Crippen LogP contribution in [0.1, 0.15) is 40.0 Å². The molecule has 1 saturated heterocycles. The fourth-order valence-corrected chi connectivity index (χ4v) is 3.39. The zero-order valence-corrected chi connectivity index (χ0v) is 21.7. The lowest BCUT2D eigenvalue weighted by molar-refractivity contribution is -0.106. The first-order valence-corrected chi connectivity index (χ1v) is 11.8. The fourth-order valence-electron chi connectivity index (χ4n) is 3.39. The molecular weight excluding hydrogens is 464 g/mol. The van der Waals surface area contributed by atoms with Crippen LogP contribution in [0.5, 0.6) is 5.75 Å². The molecule has 0 saturated carbocycles. The second-order valence-electron chi connectivity index (χ2n) is 8.94. The van der Waals surface area contributed by atoms with E-state index in [1.54, 1.807) is 27.0 Å². The van der Waals surface area contributed by atoms with Gasteiger partial charge in [0.05, 0.1) is 5.22 Å². The van der Waals surface area contributed by atoms with Gasteiger partial charge in [-0.05, 0) is 95.7 Å². The van der Waals surface area contributed by atoms with Gasteiger partial charge in [-0.25, -0.2) is 13.8 Å². The quantitative estimate of drug-likeness (QED) is 0.342. The Hall–Kier alpha value is -3.46. The summed E-state index contributed by atoms with van der Waals surface area (Å²) < 4.78 is 27.8. The van der Waals surface area contributed by atoms with Crippen LogP contribution >= 0.6 is 0 Å². The number of anilines is 2. The number of carbonyl (C=O) groups excluding carboxylic acids is 1. The predicted octanol–water partition coefficient (Wildman–Crippen LogP) is 3.57. The second kappa shape index (κ2) is 15.5. The lowest BCUT2D eigenvalue weighted by Crippen LogP contribution is -2.31. The number of primary amides is 1. The number of nitrogens with one attached hydrogen (secondary N) is 2. The first kappa shape index (κ1) is 30.6. The second-order valence-corrected chi connectivity index (χ2v) is 8.94. The molecule has 0 bridgehead atoms. The number of aromatic hydroxyl groups is 1. The third-order valence-electron chi connectivity index (χ3n) is 5.18. The first-order chi connectivity index (χ1) is 17.0. The monoisotopic (exact) mass is 503 g/mol. The molecule has 2 aromatic carbocycles. The molecular formula is C27H39F2N5O2. The number of hydrogen-bond acceptors (Lipinski definition) is 6. The molecule has 1 aliphatic rings. The van der Waals surface area contributed by atoms with E-state index in [0.29, 0.717) is 29.7 Å². The molecule has 1 heterocycles. The van der Waals surface area contributed by atoms with Crippen molar-refractivity contribution in [3.63, 3.8) is 0 Å². The Labute approximate surface area is 212 Å². The molecule has 0 aliphatic carbocycles. The molecule has 7 nitrogen and oxygen atoms in total. The van der Waals surface area contributed by atoms with E-state index in [2.05, 4.69) is 39.9 Å². The van der Waals surface area contributed by atoms with Gasteiger partial charge in [0.1, 0.15) is 23.1 Å². The average molecular weight is 504 g/mol. The third-order valence-corrected chi connectivity index (χ3v) is 5.18. The molecule has 1 fully saturated rings. The molecule has 5 N–H and O–H groups in total. The minimum absolute atomic E-state index is 0.187. The summed E-state index contributed by atoms with van der Waals surface area (Å²) in [5.41, 5.74) is 4.52. The minimum atomic E-state index is -1.21. The van der Waals surface area contributed by atoms with E-state index in [1.165, 1.54) is 32.0 Å². The number of hydrogen-bond donors (Lipinski definition) is 4. The Kier molecular flexibility index (Phi) is 13.2. The summed E-state index contributed by atoms with van der Waals surface area (Å²) in [6.45, 7) is 11.8. The molecule has 2 aromatic rings. The van der Waals surface area contributed by atoms with Gasteiger partial charge in [-0.2, -0.15) is 0 Å². The SMILES string of the molecule is C=c1cc(O)cc(F)/c1=C(/N=C\C)Nc1ccc(NCCC(C)(C)F)cc1.CN1CCCC1.NC=O. The van der Waals surface area contributed by atoms with Crippen molar-refractivity contribution in [3.05, 3.63) is 52.7 Å². The molecule has 0 radical (unpaired) electrons. The number of amides is 1. The highest BCUT2D eigenvalue weighted by Crippen LogP contribution is 2.18. The van der Waals surface area contributed by atoms with Crippen LogP contribution in [0.15, 0.2) is 41.4 Å². The van der Waals surface area contributed by atoms with Crippen molar-refractivity contribution < 1.29 is 18.7 Å². The van der Waals surface area contributed by atoms with Gasteiger partial charge >= 0.3 is 0 Å². The van der Waals surface area contributed by atoms with Crippen LogP contribution in [0.4, 0.5) is 20.2 Å². The lowest BCUT2D eigenvalue weighted by Gasteiger charge is -2.15. The molecule has 198 valence electrons. The van der Waals surface area contributed by atoms with E-state index in [1.807, 2.05) is 24.3 Å². The van der Waals surface area contributed by atoms with Crippen molar-refractivity contribution in [2.75, 3.05) is 37.3 Å². The number of nitrogens with two attached hydrogens (primary N) is 1. The summed E-state index contributed by atoms with van der Waals surface area (Å²) in [6, 6.07) is 9.73. The summed E-state index contributed by atoms with van der Waals surface area (Å²) in [4.78, 5) is 15.1. The van der Waals surface area contributed by atoms with Crippen LogP contribution in [-0.2, 0) is 4.79 Å². The first-order valence-electron chi connectivity index (χ1n) is 11.8. The van der Waals surface area contributed by atoms with Gasteiger partial charge in [0.15, 0.2) is 0 Å². The summed E-state index contributed by atoms with van der Waals surface area (Å²) in [7, 11) is 2.17. The van der Waals surface area contributed by atoms with Gasteiger partial charge in [0.25, 0.3) is 0 Å². The molecule has 1 amide bonds. The highest BCUT2D eigenvalue weighted by Gasteiger charge is 2.14. The molecule has 0 aromatic heterocycles. The molecule has 0 atom stereocenters. The summed E-state index contributed by atoms with van der Waals surface area (Å²) in [5.74, 6) is -0.506. The molecule has 1 aliphatic heterocycles. The normalized spacial score (nSPS) is 14.3. The largest absolute Gasteiger partial charge is 0.508 e. The number of aliphatic imine (C=N–C) groups is 1. The molecule has 0 unspecified atom stereocenters. The Morgan fingerprint density at radius 1 is 1.22 bits per heavy atom. The summed E-state index contributed by atoms with van der Waals surface area (Å²) in [6.07, 6.45) is 5.03. The van der Waals surface area contributed by atoms with Crippen LogP contribution in [-0.4, -0.2) is 55.0 Å². The van der Waals surface area contributed by atoms with E-state index in [4.69, 9.17) is 4.79 Å². The van der Waals surface area contributed by atoms with E-state index >= 15 is 0 Å². The summed E-state index contributed by atoms with van der Waals surface area (Å²) in [5, 5.41) is 16.2. The van der Waals surface area contributed by atoms with Crippen molar-refractivity contribution >= 4 is 36.4 Å². The fraction of sp³-hybridized carbons (Fsp3) is 0.407. The number of carbonyl (C=O) groups is 1. The van der Waals surface area contributed by atoms with E-state index in [0.717, 1.165) is 11.8 Å². The van der Waals surface area contributed by atoms with Crippen molar-refractivity contribution in [1.29, 1.82) is 0 Å². The maximum Gasteiger partial charge on any atom is 0.204 e. The van der Waals surface area contributed by atoms with Gasteiger partial charge in [-0.3, -0.25) is 4.79 Å². The van der Waals surface area contributed by atoms with Gasteiger partial charge < -0.3 is 26.4 Å². The Bertz CT molecular complexity index is 1080. The van der Waals surface area contributed by atoms with Crippen LogP contribution in [0.3, 0.4) is 0 Å². The Balaban J connectivity index is 0.000000607. The van der Waals surface area contributed by atoms with Crippen molar-refractivity contribution in [3.8, 4) is 5.75 Å².